The third-order valence-electron chi connectivity index (χ3n) is 7.11. The van der Waals surface area contributed by atoms with Crippen molar-refractivity contribution in [3.05, 3.63) is 83.7 Å². The number of hydrogen-bond donors (Lipinski definition) is 1. The van der Waals surface area contributed by atoms with Gasteiger partial charge in [0, 0.05) is 30.8 Å². The number of anilines is 1. The molecule has 0 unspecified atom stereocenters. The number of nitrogens with zero attached hydrogens (tertiary/aromatic N) is 2. The Labute approximate surface area is 193 Å². The van der Waals surface area contributed by atoms with Crippen molar-refractivity contribution in [3.63, 3.8) is 0 Å². The number of hydrogen-bond acceptors (Lipinski definition) is 4. The quantitative estimate of drug-likeness (QED) is 0.641. The molecule has 0 saturated carbocycles. The molecule has 5 nitrogen and oxygen atoms in total. The Morgan fingerprint density at radius 2 is 1.85 bits per heavy atom. The number of rotatable bonds is 4. The van der Waals surface area contributed by atoms with Gasteiger partial charge in [0.15, 0.2) is 0 Å². The van der Waals surface area contributed by atoms with Crippen molar-refractivity contribution in [2.45, 2.75) is 18.5 Å². The molecule has 1 N–H and O–H groups in total. The molecule has 33 heavy (non-hydrogen) atoms. The van der Waals surface area contributed by atoms with Crippen molar-refractivity contribution in [3.8, 4) is 16.9 Å². The number of halogens is 1. The van der Waals surface area contributed by atoms with Crippen LogP contribution >= 0.6 is 0 Å². The largest absolute Gasteiger partial charge is 0.497 e. The lowest BCUT2D eigenvalue weighted by Gasteiger charge is -2.44. The van der Waals surface area contributed by atoms with Gasteiger partial charge in [0.2, 0.25) is 0 Å². The molecule has 3 atom stereocenters. The Bertz CT molecular complexity index is 1180. The van der Waals surface area contributed by atoms with Gasteiger partial charge < -0.3 is 19.6 Å². The molecule has 3 aromatic carbocycles. The third kappa shape index (κ3) is 3.64. The van der Waals surface area contributed by atoms with E-state index in [-0.39, 0.29) is 30.5 Å². The molecule has 0 spiro atoms. The summed E-state index contributed by atoms with van der Waals surface area (Å²) in [5.41, 5.74) is 4.52. The number of likely N-dealkylation sites (N-methyl/N-ethyl adjacent to an activating group) is 1. The molecule has 170 valence electrons. The molecule has 0 aromatic heterocycles. The molecule has 2 aliphatic rings. The van der Waals surface area contributed by atoms with Gasteiger partial charge >= 0.3 is 0 Å². The molecular weight excluding hydrogens is 419 g/mol. The van der Waals surface area contributed by atoms with Crippen molar-refractivity contribution in [2.24, 2.45) is 5.92 Å². The van der Waals surface area contributed by atoms with Crippen molar-refractivity contribution >= 4 is 11.6 Å². The van der Waals surface area contributed by atoms with E-state index in [0.717, 1.165) is 34.5 Å². The highest BCUT2D eigenvalue weighted by molar-refractivity contribution is 5.95. The smallest absolute Gasteiger partial charge is 0.254 e. The predicted octanol–water partition coefficient (Wildman–Crippen LogP) is 4.52. The predicted molar refractivity (Wildman–Crippen MR) is 126 cm³/mol. The SMILES string of the molecule is COc1ccc(-c2ccc3c(c2)[C@@H]2[C@@H](CCN2C(=O)c2cccc(F)c2)[C@@H](CO)N3C)cc1. The number of likely N-dealkylation sites (tertiary alicyclic amines) is 1. The number of carbonyl (C=O) groups is 1. The molecule has 2 heterocycles. The lowest BCUT2D eigenvalue weighted by Crippen LogP contribution is -2.48. The highest BCUT2D eigenvalue weighted by atomic mass is 19.1. The number of carbonyl (C=O) groups excluding carboxylic acids is 1. The zero-order valence-electron chi connectivity index (χ0n) is 18.7. The molecule has 2 aliphatic heterocycles. The minimum atomic E-state index is -0.421. The minimum absolute atomic E-state index is 0.0132. The first kappa shape index (κ1) is 21.5. The second-order valence-corrected chi connectivity index (χ2v) is 8.77. The maximum absolute atomic E-state index is 13.8. The second kappa shape index (κ2) is 8.52. The molecule has 1 fully saturated rings. The van der Waals surface area contributed by atoms with Crippen LogP contribution in [0.15, 0.2) is 66.7 Å². The third-order valence-corrected chi connectivity index (χ3v) is 7.11. The molecule has 1 amide bonds. The Morgan fingerprint density at radius 3 is 2.55 bits per heavy atom. The van der Waals surface area contributed by atoms with Gasteiger partial charge in [-0.25, -0.2) is 4.39 Å². The van der Waals surface area contributed by atoms with Crippen molar-refractivity contribution < 1.29 is 19.0 Å². The highest BCUT2D eigenvalue weighted by Gasteiger charge is 2.47. The van der Waals surface area contributed by atoms with E-state index >= 15 is 0 Å². The van der Waals surface area contributed by atoms with E-state index < -0.39 is 5.82 Å². The van der Waals surface area contributed by atoms with Crippen LogP contribution in [0, 0.1) is 11.7 Å². The van der Waals surface area contributed by atoms with E-state index in [1.54, 1.807) is 19.2 Å². The van der Waals surface area contributed by atoms with Crippen molar-refractivity contribution in [1.29, 1.82) is 0 Å². The van der Waals surface area contributed by atoms with Crippen LogP contribution in [0.25, 0.3) is 11.1 Å². The van der Waals surface area contributed by atoms with E-state index in [1.165, 1.54) is 12.1 Å². The van der Waals surface area contributed by atoms with Gasteiger partial charge in [0.05, 0.1) is 25.8 Å². The first-order valence-electron chi connectivity index (χ1n) is 11.2. The van der Waals surface area contributed by atoms with Crippen molar-refractivity contribution in [1.82, 2.24) is 4.90 Å². The first-order valence-corrected chi connectivity index (χ1v) is 11.2. The van der Waals surface area contributed by atoms with Crippen LogP contribution in [0.1, 0.15) is 28.4 Å². The number of ether oxygens (including phenoxy) is 1. The number of methoxy groups -OCH3 is 1. The molecule has 3 aromatic rings. The summed E-state index contributed by atoms with van der Waals surface area (Å²) >= 11 is 0. The molecule has 0 aliphatic carbocycles. The van der Waals surface area contributed by atoms with Gasteiger partial charge in [-0.05, 0) is 65.6 Å². The number of amides is 1. The van der Waals surface area contributed by atoms with Gasteiger partial charge in [-0.15, -0.1) is 0 Å². The van der Waals surface area contributed by atoms with Gasteiger partial charge in [-0.1, -0.05) is 24.3 Å². The van der Waals surface area contributed by atoms with E-state index in [1.807, 2.05) is 36.2 Å². The first-order chi connectivity index (χ1) is 16.0. The normalized spacial score (nSPS) is 21.5. The van der Waals surface area contributed by atoms with Crippen molar-refractivity contribution in [2.75, 3.05) is 32.2 Å². The number of fused-ring (bicyclic) bond motifs is 3. The van der Waals surface area contributed by atoms with Crippen LogP contribution in [0.2, 0.25) is 0 Å². The molecule has 5 rings (SSSR count). The summed E-state index contributed by atoms with van der Waals surface area (Å²) in [5.74, 6) is 0.292. The zero-order valence-corrected chi connectivity index (χ0v) is 18.7. The van der Waals surface area contributed by atoms with Gasteiger partial charge in [0.1, 0.15) is 11.6 Å². The average Bonchev–Trinajstić information content (AvgIpc) is 3.29. The maximum Gasteiger partial charge on any atom is 0.254 e. The van der Waals surface area contributed by atoms with Crippen LogP contribution < -0.4 is 9.64 Å². The topological polar surface area (TPSA) is 53.0 Å². The Hall–Kier alpha value is -3.38. The Morgan fingerprint density at radius 1 is 1.09 bits per heavy atom. The summed E-state index contributed by atoms with van der Waals surface area (Å²) in [4.78, 5) is 17.4. The van der Waals surface area contributed by atoms with E-state index in [4.69, 9.17) is 4.74 Å². The number of aliphatic hydroxyl groups excluding tert-OH is 1. The summed E-state index contributed by atoms with van der Waals surface area (Å²) in [6, 6.07) is 19.8. The molecule has 6 heteroatoms. The maximum atomic E-state index is 13.8. The summed E-state index contributed by atoms with van der Waals surface area (Å²) in [7, 11) is 3.64. The minimum Gasteiger partial charge on any atom is -0.497 e. The fraction of sp³-hybridized carbons (Fsp3) is 0.296. The zero-order chi connectivity index (χ0) is 23.1. The van der Waals surface area contributed by atoms with Gasteiger partial charge in [0.25, 0.3) is 5.91 Å². The number of benzene rings is 3. The second-order valence-electron chi connectivity index (χ2n) is 8.77. The van der Waals surface area contributed by atoms with Crippen LogP contribution in [-0.2, 0) is 0 Å². The lowest BCUT2D eigenvalue weighted by atomic mass is 9.81. The summed E-state index contributed by atoms with van der Waals surface area (Å²) < 4.78 is 19.1. The highest BCUT2D eigenvalue weighted by Crippen LogP contribution is 2.49. The Kier molecular flexibility index (Phi) is 5.54. The summed E-state index contributed by atoms with van der Waals surface area (Å²) in [6.07, 6.45) is 0.785. The molecule has 0 radical (unpaired) electrons. The van der Waals surface area contributed by atoms with E-state index in [2.05, 4.69) is 23.1 Å². The van der Waals surface area contributed by atoms with Crippen LogP contribution in [0.4, 0.5) is 10.1 Å². The monoisotopic (exact) mass is 446 g/mol. The fourth-order valence-electron chi connectivity index (χ4n) is 5.43. The summed E-state index contributed by atoms with van der Waals surface area (Å²) in [5, 5.41) is 10.2. The standard InChI is InChI=1S/C27H27FN2O3/c1-29-24-11-8-18(17-6-9-21(33-2)10-7-17)15-23(24)26-22(25(29)16-31)12-13-30(26)27(32)19-4-3-5-20(28)14-19/h3-11,14-15,22,25-26,31H,12-13,16H2,1-2H3/t22-,25+,26-/m0/s1. The van der Waals surface area contributed by atoms with E-state index in [9.17, 15) is 14.3 Å². The fourth-order valence-corrected chi connectivity index (χ4v) is 5.43. The lowest BCUT2D eigenvalue weighted by molar-refractivity contribution is 0.0693. The molecular formula is C27H27FN2O3. The number of aliphatic hydroxyl groups is 1. The summed E-state index contributed by atoms with van der Waals surface area (Å²) in [6.45, 7) is 0.584. The van der Waals surface area contributed by atoms with Crippen LogP contribution in [0.3, 0.4) is 0 Å². The van der Waals surface area contributed by atoms with Crippen LogP contribution in [-0.4, -0.2) is 49.3 Å². The molecule has 1 saturated heterocycles. The van der Waals surface area contributed by atoms with E-state index in [0.29, 0.717) is 12.1 Å². The average molecular weight is 447 g/mol. The van der Waals surface area contributed by atoms with Gasteiger partial charge in [-0.2, -0.15) is 0 Å². The molecule has 0 bridgehead atoms. The van der Waals surface area contributed by atoms with Crippen LogP contribution in [0.5, 0.6) is 5.75 Å². The Balaban J connectivity index is 1.58. The van der Waals surface area contributed by atoms with Gasteiger partial charge in [-0.3, -0.25) is 4.79 Å².